The van der Waals surface area contributed by atoms with E-state index in [1.807, 2.05) is 12.1 Å². The summed E-state index contributed by atoms with van der Waals surface area (Å²) in [6.45, 7) is 2.06. The Kier molecular flexibility index (Phi) is 6.04. The molecule has 178 valence electrons. The Morgan fingerprint density at radius 3 is 2.80 bits per heavy atom. The maximum atomic E-state index is 12.7. The van der Waals surface area contributed by atoms with Crippen molar-refractivity contribution in [2.45, 2.75) is 32.9 Å². The number of esters is 1. The second-order valence-corrected chi connectivity index (χ2v) is 8.88. The van der Waals surface area contributed by atoms with E-state index in [0.29, 0.717) is 45.3 Å². The van der Waals surface area contributed by atoms with Crippen LogP contribution < -0.4 is 15.2 Å². The van der Waals surface area contributed by atoms with Gasteiger partial charge in [-0.1, -0.05) is 12.1 Å². The molecule has 4 aromatic rings. The number of rotatable bonds is 6. The fourth-order valence-corrected chi connectivity index (χ4v) is 4.99. The molecule has 0 saturated carbocycles. The van der Waals surface area contributed by atoms with Crippen molar-refractivity contribution >= 4 is 44.9 Å². The van der Waals surface area contributed by atoms with E-state index >= 15 is 0 Å². The average Bonchev–Trinajstić information content (AvgIpc) is 3.52. The van der Waals surface area contributed by atoms with E-state index in [1.54, 1.807) is 40.3 Å². The Hall–Kier alpha value is -4.05. The second-order valence-electron chi connectivity index (χ2n) is 8.04. The minimum absolute atomic E-state index is 0.0642. The smallest absolute Gasteiger partial charge is 0.338 e. The lowest BCUT2D eigenvalue weighted by Crippen LogP contribution is -2.23. The van der Waals surface area contributed by atoms with Crippen molar-refractivity contribution < 1.29 is 19.1 Å². The minimum Gasteiger partial charge on any atom is -0.495 e. The van der Waals surface area contributed by atoms with Gasteiger partial charge in [-0.15, -0.1) is 11.3 Å². The number of hydrogen-bond donors (Lipinski definition) is 0. The zero-order valence-corrected chi connectivity index (χ0v) is 20.0. The number of anilines is 2. The number of hydrogen-bond acceptors (Lipinski definition) is 8. The molecule has 35 heavy (non-hydrogen) atoms. The largest absolute Gasteiger partial charge is 0.495 e. The normalized spacial score (nSPS) is 12.4. The van der Waals surface area contributed by atoms with E-state index in [2.05, 4.69) is 9.97 Å². The number of fused-ring (bicyclic) bond motifs is 2. The number of methoxy groups -OCH3 is 1. The van der Waals surface area contributed by atoms with Crippen molar-refractivity contribution in [1.29, 1.82) is 0 Å². The number of thiazole rings is 1. The number of carbonyl (C=O) groups excluding carboxylic acids is 2. The zero-order valence-electron chi connectivity index (χ0n) is 19.2. The van der Waals surface area contributed by atoms with Gasteiger partial charge in [-0.2, -0.15) is 0 Å². The van der Waals surface area contributed by atoms with Gasteiger partial charge in [0.2, 0.25) is 5.91 Å². The van der Waals surface area contributed by atoms with E-state index in [0.717, 1.165) is 18.7 Å². The molecule has 0 atom stereocenters. The maximum absolute atomic E-state index is 12.7. The van der Waals surface area contributed by atoms with Crippen molar-refractivity contribution in [3.8, 4) is 5.75 Å². The molecule has 1 aliphatic rings. The third kappa shape index (κ3) is 4.28. The fourth-order valence-electron chi connectivity index (χ4n) is 4.12. The predicted molar refractivity (Wildman–Crippen MR) is 131 cm³/mol. The van der Waals surface area contributed by atoms with Gasteiger partial charge in [0, 0.05) is 25.3 Å². The Labute approximate surface area is 204 Å². The molecule has 2 aromatic carbocycles. The summed E-state index contributed by atoms with van der Waals surface area (Å²) < 4.78 is 12.5. The van der Waals surface area contributed by atoms with Crippen LogP contribution in [-0.4, -0.2) is 33.5 Å². The summed E-state index contributed by atoms with van der Waals surface area (Å²) in [7, 11) is 1.54. The maximum Gasteiger partial charge on any atom is 0.338 e. The Bertz CT molecular complexity index is 1510. The molecular weight excluding hydrogens is 468 g/mol. The van der Waals surface area contributed by atoms with Gasteiger partial charge < -0.3 is 9.47 Å². The van der Waals surface area contributed by atoms with Gasteiger partial charge in [-0.25, -0.2) is 14.8 Å². The first-order valence-corrected chi connectivity index (χ1v) is 11.9. The summed E-state index contributed by atoms with van der Waals surface area (Å²) in [4.78, 5) is 48.2. The molecule has 0 aliphatic carbocycles. The SMILES string of the molecule is COc1ccccc1N(C(C)=O)c1nc(COC(=O)c2ccc3c(=O)n4c(nc3c2)CCC4)cs1. The van der Waals surface area contributed by atoms with E-state index in [1.165, 1.54) is 30.3 Å². The molecule has 0 N–H and O–H groups in total. The van der Waals surface area contributed by atoms with Crippen LogP contribution in [0.1, 0.15) is 35.2 Å². The number of aryl methyl sites for hydroxylation is 1. The third-order valence-corrected chi connectivity index (χ3v) is 6.65. The molecule has 0 saturated heterocycles. The van der Waals surface area contributed by atoms with Gasteiger partial charge in [0.25, 0.3) is 5.56 Å². The summed E-state index contributed by atoms with van der Waals surface area (Å²) in [6, 6.07) is 11.9. The zero-order chi connectivity index (χ0) is 24.5. The van der Waals surface area contributed by atoms with Gasteiger partial charge in [0.1, 0.15) is 18.2 Å². The van der Waals surface area contributed by atoms with Crippen LogP contribution >= 0.6 is 11.3 Å². The predicted octanol–water partition coefficient (Wildman–Crippen LogP) is 3.85. The van der Waals surface area contributed by atoms with Crippen LogP contribution in [0.25, 0.3) is 10.9 Å². The van der Waals surface area contributed by atoms with Crippen LogP contribution in [0.3, 0.4) is 0 Å². The van der Waals surface area contributed by atoms with E-state index in [9.17, 15) is 14.4 Å². The first-order chi connectivity index (χ1) is 17.0. The average molecular weight is 491 g/mol. The van der Waals surface area contributed by atoms with E-state index in [-0.39, 0.29) is 18.1 Å². The Morgan fingerprint density at radius 2 is 2.00 bits per heavy atom. The second kappa shape index (κ2) is 9.30. The van der Waals surface area contributed by atoms with Gasteiger partial charge in [-0.3, -0.25) is 19.1 Å². The highest BCUT2D eigenvalue weighted by Crippen LogP contribution is 2.35. The quantitative estimate of drug-likeness (QED) is 0.378. The lowest BCUT2D eigenvalue weighted by atomic mass is 10.1. The Morgan fingerprint density at radius 1 is 1.17 bits per heavy atom. The molecule has 5 rings (SSSR count). The topological polar surface area (TPSA) is 104 Å². The molecule has 0 unspecified atom stereocenters. The van der Waals surface area contributed by atoms with Gasteiger partial charge >= 0.3 is 5.97 Å². The monoisotopic (exact) mass is 490 g/mol. The number of para-hydroxylation sites is 2. The fraction of sp³-hybridized carbons (Fsp3) is 0.240. The van der Waals surface area contributed by atoms with Crippen molar-refractivity contribution in [2.24, 2.45) is 0 Å². The molecule has 2 aromatic heterocycles. The number of carbonyl (C=O) groups is 2. The van der Waals surface area contributed by atoms with Crippen LogP contribution in [0.15, 0.2) is 52.6 Å². The number of nitrogens with zero attached hydrogens (tertiary/aromatic N) is 4. The molecule has 3 heterocycles. The summed E-state index contributed by atoms with van der Waals surface area (Å²) in [5.41, 5.74) is 1.80. The molecule has 1 amide bonds. The summed E-state index contributed by atoms with van der Waals surface area (Å²) in [5.74, 6) is 0.518. The molecular formula is C25H22N4O5S. The summed E-state index contributed by atoms with van der Waals surface area (Å²) in [5, 5.41) is 2.66. The molecule has 1 aliphatic heterocycles. The van der Waals surface area contributed by atoms with Gasteiger partial charge in [0.05, 0.1) is 35.0 Å². The number of ether oxygens (including phenoxy) is 2. The van der Waals surface area contributed by atoms with Crippen molar-refractivity contribution in [1.82, 2.24) is 14.5 Å². The van der Waals surface area contributed by atoms with Crippen LogP contribution in [0.4, 0.5) is 10.8 Å². The Balaban J connectivity index is 1.33. The molecule has 9 nitrogen and oxygen atoms in total. The number of amides is 1. The van der Waals surface area contributed by atoms with Crippen molar-refractivity contribution in [3.05, 3.63) is 75.3 Å². The molecule has 0 radical (unpaired) electrons. The van der Waals surface area contributed by atoms with Gasteiger partial charge in [0.15, 0.2) is 5.13 Å². The molecule has 0 bridgehead atoms. The molecule has 0 fully saturated rings. The highest BCUT2D eigenvalue weighted by Gasteiger charge is 2.22. The van der Waals surface area contributed by atoms with Crippen LogP contribution in [0.2, 0.25) is 0 Å². The van der Waals surface area contributed by atoms with Gasteiger partial charge in [-0.05, 0) is 36.8 Å². The number of aromatic nitrogens is 3. The lowest BCUT2D eigenvalue weighted by Gasteiger charge is -2.20. The highest BCUT2D eigenvalue weighted by atomic mass is 32.1. The highest BCUT2D eigenvalue weighted by molar-refractivity contribution is 7.14. The van der Waals surface area contributed by atoms with Crippen LogP contribution in [0.5, 0.6) is 5.75 Å². The molecule has 0 spiro atoms. The third-order valence-electron chi connectivity index (χ3n) is 5.78. The van der Waals surface area contributed by atoms with E-state index in [4.69, 9.17) is 9.47 Å². The standard InChI is InChI=1S/C25H22N4O5S/c1-15(30)29(20-6-3-4-7-21(20)33-2)25-26-17(14-35-25)13-34-24(32)16-9-10-18-19(12-16)27-22-8-5-11-28(22)23(18)31/h3-4,6-7,9-10,12,14H,5,8,11,13H2,1-2H3. The molecule has 10 heteroatoms. The van der Waals surface area contributed by atoms with Crippen molar-refractivity contribution in [2.75, 3.05) is 12.0 Å². The van der Waals surface area contributed by atoms with Crippen molar-refractivity contribution in [3.63, 3.8) is 0 Å². The first-order valence-electron chi connectivity index (χ1n) is 11.0. The van der Waals surface area contributed by atoms with E-state index < -0.39 is 5.97 Å². The summed E-state index contributed by atoms with van der Waals surface area (Å²) >= 11 is 1.26. The lowest BCUT2D eigenvalue weighted by molar-refractivity contribution is -0.115. The minimum atomic E-state index is -0.544. The number of benzene rings is 2. The summed E-state index contributed by atoms with van der Waals surface area (Å²) in [6.07, 6.45) is 1.64. The van der Waals surface area contributed by atoms with Crippen LogP contribution in [0, 0.1) is 0 Å². The van der Waals surface area contributed by atoms with Crippen LogP contribution in [-0.2, 0) is 29.1 Å². The first kappa shape index (κ1) is 22.7.